The van der Waals surface area contributed by atoms with Crippen molar-refractivity contribution < 1.29 is 26.1 Å². The summed E-state index contributed by atoms with van der Waals surface area (Å²) in [5.74, 6) is 0. The summed E-state index contributed by atoms with van der Waals surface area (Å²) in [6.07, 6.45) is 0. The lowest BCUT2D eigenvalue weighted by Crippen LogP contribution is -2.21. The van der Waals surface area contributed by atoms with E-state index in [1.165, 1.54) is 32.7 Å². The molecular weight excluding hydrogens is 477 g/mol. The topological polar surface area (TPSA) is 54.4 Å². The molecule has 1 heterocycles. The molecule has 0 unspecified atom stereocenters. The Hall–Kier alpha value is -2.59. The summed E-state index contributed by atoms with van der Waals surface area (Å²) in [5, 5.41) is 2.12. The van der Waals surface area contributed by atoms with Crippen molar-refractivity contribution in [3.8, 4) is 32.7 Å². The number of thiophene rings is 1. The van der Waals surface area contributed by atoms with Crippen LogP contribution < -0.4 is 0 Å². The number of hydrogen-bond donors (Lipinski definition) is 1. The Morgan fingerprint density at radius 2 is 1.09 bits per heavy atom. The molecule has 3 nitrogen and oxygen atoms in total. The zero-order chi connectivity index (χ0) is 22.5. The highest BCUT2D eigenvalue weighted by Crippen LogP contribution is 2.33. The van der Waals surface area contributed by atoms with E-state index in [-0.39, 0.29) is 13.5 Å². The summed E-state index contributed by atoms with van der Waals surface area (Å²) in [7, 11) is -5.84. The van der Waals surface area contributed by atoms with Crippen molar-refractivity contribution in [1.82, 2.24) is 0 Å². The van der Waals surface area contributed by atoms with Gasteiger partial charge in [0, 0.05) is 4.88 Å². The molecule has 0 aliphatic rings. The van der Waals surface area contributed by atoms with Crippen molar-refractivity contribution in [3.05, 3.63) is 96.4 Å². The molecule has 0 saturated carbocycles. The third-order valence-electron chi connectivity index (χ3n) is 4.31. The molecule has 0 atom stereocenters. The first-order valence-electron chi connectivity index (χ1n) is 8.99. The summed E-state index contributed by atoms with van der Waals surface area (Å²) < 4.78 is 57.5. The Bertz CT molecular complexity index is 1220. The van der Waals surface area contributed by atoms with Crippen LogP contribution in [-0.2, 0) is 10.1 Å². The van der Waals surface area contributed by atoms with Crippen LogP contribution in [0.5, 0.6) is 0 Å². The highest BCUT2D eigenvalue weighted by molar-refractivity contribution is 7.86. The van der Waals surface area contributed by atoms with Crippen LogP contribution in [-0.4, -0.2) is 18.5 Å². The molecule has 0 fully saturated rings. The predicted octanol–water partition coefficient (Wildman–Crippen LogP) is 7.26. The molecule has 1 aromatic heterocycles. The van der Waals surface area contributed by atoms with Gasteiger partial charge in [-0.2, -0.15) is 35.1 Å². The van der Waals surface area contributed by atoms with Gasteiger partial charge in [0.15, 0.2) is 0 Å². The molecule has 0 bridgehead atoms. The maximum absolute atomic E-state index is 10.7. The molecule has 1 N–H and O–H groups in total. The summed E-state index contributed by atoms with van der Waals surface area (Å²) in [5.41, 5.74) is 0.803. The van der Waals surface area contributed by atoms with Crippen molar-refractivity contribution in [2.75, 3.05) is 0 Å². The molecule has 9 heteroatoms. The molecule has 168 valence electrons. The van der Waals surface area contributed by atoms with Gasteiger partial charge in [-0.15, -0.1) is 11.3 Å². The van der Waals surface area contributed by atoms with Gasteiger partial charge in [0.1, 0.15) is 0 Å². The monoisotopic (exact) mass is 496 g/mol. The normalized spacial score (nSPS) is 11.1. The Labute approximate surface area is 195 Å². The highest BCUT2D eigenvalue weighted by atomic mass is 32.2. The number of hydrogen-bond acceptors (Lipinski definition) is 3. The van der Waals surface area contributed by atoms with Crippen molar-refractivity contribution in [3.63, 3.8) is 0 Å². The van der Waals surface area contributed by atoms with Gasteiger partial charge in [0.05, 0.1) is 0 Å². The van der Waals surface area contributed by atoms with Gasteiger partial charge >= 0.3 is 15.6 Å². The molecule has 4 rings (SSSR count). The minimum Gasteiger partial charge on any atom is -0.279 e. The first-order chi connectivity index (χ1) is 14.7. The van der Waals surface area contributed by atoms with E-state index >= 15 is 0 Å². The van der Waals surface area contributed by atoms with E-state index in [1.54, 1.807) is 11.3 Å². The maximum Gasteiger partial charge on any atom is 0.522 e. The molecule has 4 aromatic rings. The molecule has 0 aliphatic heterocycles. The van der Waals surface area contributed by atoms with Crippen molar-refractivity contribution >= 4 is 35.0 Å². The Morgan fingerprint density at radius 1 is 0.656 bits per heavy atom. The lowest BCUT2D eigenvalue weighted by atomic mass is 9.94. The van der Waals surface area contributed by atoms with Gasteiger partial charge in [-0.1, -0.05) is 84.9 Å². The van der Waals surface area contributed by atoms with Gasteiger partial charge in [0.25, 0.3) is 0 Å². The number of benzene rings is 3. The van der Waals surface area contributed by atoms with Gasteiger partial charge in [-0.05, 0) is 39.3 Å². The van der Waals surface area contributed by atoms with Crippen LogP contribution in [0.4, 0.5) is 13.2 Å². The van der Waals surface area contributed by atoms with E-state index in [2.05, 4.69) is 96.4 Å². The van der Waals surface area contributed by atoms with Crippen LogP contribution in [0.25, 0.3) is 32.7 Å². The van der Waals surface area contributed by atoms with Crippen LogP contribution in [0.1, 0.15) is 0 Å². The van der Waals surface area contributed by atoms with Crippen LogP contribution in [0.3, 0.4) is 0 Å². The Kier molecular flexibility index (Phi) is 8.68. The molecule has 32 heavy (non-hydrogen) atoms. The van der Waals surface area contributed by atoms with E-state index in [0.29, 0.717) is 0 Å². The summed E-state index contributed by atoms with van der Waals surface area (Å²) in [4.78, 5) is 1.31. The predicted molar refractivity (Wildman–Crippen MR) is 129 cm³/mol. The summed E-state index contributed by atoms with van der Waals surface area (Å²) in [6.45, 7) is 0. The number of halogens is 3. The first kappa shape index (κ1) is 25.7. The van der Waals surface area contributed by atoms with Crippen LogP contribution >= 0.6 is 24.8 Å². The second kappa shape index (κ2) is 10.8. The van der Waals surface area contributed by atoms with E-state index < -0.39 is 15.6 Å². The SMILES string of the molecule is O=S(=O)(O)C(F)(F)F.S.c1ccc(-c2ccccc2-c2ccc(-c3cccs3)cc2)cc1. The van der Waals surface area contributed by atoms with Crippen LogP contribution in [0.2, 0.25) is 0 Å². The van der Waals surface area contributed by atoms with E-state index in [1.807, 2.05) is 0 Å². The Morgan fingerprint density at radius 3 is 1.53 bits per heavy atom. The standard InChI is InChI=1S/C22H16S.CHF3O3S.H2S/c1-2-7-17(8-3-1)20-9-4-5-10-21(20)18-12-14-19(15-13-18)22-11-6-16-23-22;2-1(3,4)8(5,6)7;/h1-16H;(H,5,6,7);1H2. The van der Waals surface area contributed by atoms with E-state index in [0.717, 1.165) is 0 Å². The molecule has 0 aliphatic carbocycles. The second-order valence-corrected chi connectivity index (χ2v) is 8.75. The largest absolute Gasteiger partial charge is 0.522 e. The fourth-order valence-electron chi connectivity index (χ4n) is 2.86. The minimum atomic E-state index is -5.84. The molecule has 3 aromatic carbocycles. The lowest BCUT2D eigenvalue weighted by molar-refractivity contribution is -0.0510. The van der Waals surface area contributed by atoms with Gasteiger partial charge in [-0.25, -0.2) is 0 Å². The quantitative estimate of drug-likeness (QED) is 0.240. The van der Waals surface area contributed by atoms with Crippen molar-refractivity contribution in [1.29, 1.82) is 0 Å². The molecule has 0 spiro atoms. The molecule has 0 radical (unpaired) electrons. The molecular formula is C23H19F3O3S3. The number of rotatable bonds is 3. The maximum atomic E-state index is 10.7. The fraction of sp³-hybridized carbons (Fsp3) is 0.0435. The molecule has 0 saturated heterocycles. The van der Waals surface area contributed by atoms with E-state index in [4.69, 9.17) is 13.0 Å². The summed E-state index contributed by atoms with van der Waals surface area (Å²) >= 11 is 1.78. The highest BCUT2D eigenvalue weighted by Gasteiger charge is 2.44. The van der Waals surface area contributed by atoms with Gasteiger partial charge < -0.3 is 0 Å². The second-order valence-electron chi connectivity index (χ2n) is 6.39. The third-order valence-corrected chi connectivity index (χ3v) is 5.81. The van der Waals surface area contributed by atoms with Crippen molar-refractivity contribution in [2.24, 2.45) is 0 Å². The fourth-order valence-corrected chi connectivity index (χ4v) is 3.59. The number of alkyl halides is 3. The van der Waals surface area contributed by atoms with Crippen LogP contribution in [0, 0.1) is 0 Å². The van der Waals surface area contributed by atoms with Gasteiger partial charge in [-0.3, -0.25) is 4.55 Å². The van der Waals surface area contributed by atoms with Gasteiger partial charge in [0.2, 0.25) is 0 Å². The first-order valence-corrected chi connectivity index (χ1v) is 11.3. The van der Waals surface area contributed by atoms with E-state index in [9.17, 15) is 13.2 Å². The lowest BCUT2D eigenvalue weighted by Gasteiger charge is -2.10. The average Bonchev–Trinajstić information content (AvgIpc) is 3.29. The zero-order valence-corrected chi connectivity index (χ0v) is 19.1. The van der Waals surface area contributed by atoms with Crippen LogP contribution in [0.15, 0.2) is 96.4 Å². The zero-order valence-electron chi connectivity index (χ0n) is 16.5. The third kappa shape index (κ3) is 6.46. The molecule has 0 amide bonds. The smallest absolute Gasteiger partial charge is 0.279 e. The minimum absolute atomic E-state index is 0. The average molecular weight is 497 g/mol. The summed E-state index contributed by atoms with van der Waals surface area (Å²) in [6, 6.07) is 32.3. The van der Waals surface area contributed by atoms with Crippen molar-refractivity contribution in [2.45, 2.75) is 5.51 Å². The Balaban J connectivity index is 0.000000350.